The molecule has 4 heterocycles. The lowest BCUT2D eigenvalue weighted by molar-refractivity contribution is -0.144. The van der Waals surface area contributed by atoms with Gasteiger partial charge >= 0.3 is 6.18 Å². The lowest BCUT2D eigenvalue weighted by atomic mass is 10.1. The first-order valence-corrected chi connectivity index (χ1v) is 10.2. The number of nitrogens with one attached hydrogen (secondary N) is 1. The van der Waals surface area contributed by atoms with Crippen molar-refractivity contribution in [1.82, 2.24) is 24.5 Å². The smallest absolute Gasteiger partial charge is 0.451 e. The van der Waals surface area contributed by atoms with E-state index in [4.69, 9.17) is 10.5 Å². The van der Waals surface area contributed by atoms with E-state index in [1.54, 1.807) is 23.8 Å². The van der Waals surface area contributed by atoms with Crippen molar-refractivity contribution in [1.29, 1.82) is 0 Å². The third-order valence-electron chi connectivity index (χ3n) is 5.15. The van der Waals surface area contributed by atoms with Crippen LogP contribution in [-0.2, 0) is 10.9 Å². The molecule has 1 aliphatic heterocycles. The number of ether oxygens (including phenoxy) is 1. The van der Waals surface area contributed by atoms with Crippen molar-refractivity contribution in [3.05, 3.63) is 60.0 Å². The van der Waals surface area contributed by atoms with Crippen LogP contribution < -0.4 is 11.1 Å². The third kappa shape index (κ3) is 5.06. The van der Waals surface area contributed by atoms with E-state index in [9.17, 15) is 13.2 Å². The highest BCUT2D eigenvalue weighted by atomic mass is 19.4. The molecule has 174 valence electrons. The van der Waals surface area contributed by atoms with Crippen LogP contribution in [0.4, 0.5) is 24.8 Å². The minimum atomic E-state index is -4.63. The number of alkyl halides is 3. The van der Waals surface area contributed by atoms with E-state index in [1.165, 1.54) is 12.3 Å². The van der Waals surface area contributed by atoms with Crippen LogP contribution in [0.25, 0.3) is 5.52 Å². The van der Waals surface area contributed by atoms with Gasteiger partial charge in [-0.15, -0.1) is 0 Å². The molecule has 3 N–H and O–H groups in total. The zero-order chi connectivity index (χ0) is 23.6. The Hall–Kier alpha value is -3.67. The van der Waals surface area contributed by atoms with E-state index in [0.29, 0.717) is 22.8 Å². The standard InChI is InChI=1S/C21H23F3N8O/c1-26-19(16(11-25)33-15-5-7-31(2)12-15)13-4-8-32-14(9-13)10-18(30-32)28-17-3-6-27-20(29-17)21(22,23)24/h3-4,6,8-11,15H,5,7,12,25H2,1-2H3,(H,27,28,29,30)/b16-11+,26-19?/t15-/m0/s1. The largest absolute Gasteiger partial charge is 0.485 e. The molecule has 1 saturated heterocycles. The molecule has 0 unspecified atom stereocenters. The summed E-state index contributed by atoms with van der Waals surface area (Å²) in [6, 6.07) is 6.68. The highest BCUT2D eigenvalue weighted by molar-refractivity contribution is 6.11. The quantitative estimate of drug-likeness (QED) is 0.430. The number of nitrogens with two attached hydrogens (primary N) is 1. The Kier molecular flexibility index (Phi) is 6.18. The number of anilines is 2. The number of likely N-dealkylation sites (N-methyl/N-ethyl adjacent to an activating group) is 1. The molecule has 9 nitrogen and oxygen atoms in total. The molecule has 12 heteroatoms. The first-order chi connectivity index (χ1) is 15.8. The number of likely N-dealkylation sites (tertiary alicyclic amines) is 1. The summed E-state index contributed by atoms with van der Waals surface area (Å²) in [4.78, 5) is 13.3. The first-order valence-electron chi connectivity index (χ1n) is 10.2. The molecule has 0 aliphatic carbocycles. The first kappa shape index (κ1) is 22.5. The van der Waals surface area contributed by atoms with Gasteiger partial charge in [-0.3, -0.25) is 4.99 Å². The molecule has 0 spiro atoms. The summed E-state index contributed by atoms with van der Waals surface area (Å²) in [5.74, 6) is -0.425. The van der Waals surface area contributed by atoms with Crippen LogP contribution in [0.5, 0.6) is 0 Å². The summed E-state index contributed by atoms with van der Waals surface area (Å²) in [5, 5.41) is 7.11. The van der Waals surface area contributed by atoms with Crippen molar-refractivity contribution in [2.45, 2.75) is 18.7 Å². The Morgan fingerprint density at radius 1 is 1.30 bits per heavy atom. The number of rotatable bonds is 6. The maximum absolute atomic E-state index is 12.9. The van der Waals surface area contributed by atoms with Gasteiger partial charge in [-0.05, 0) is 31.7 Å². The maximum Gasteiger partial charge on any atom is 0.451 e. The minimum absolute atomic E-state index is 0.0138. The van der Waals surface area contributed by atoms with Gasteiger partial charge in [0.2, 0.25) is 5.82 Å². The van der Waals surface area contributed by atoms with Crippen LogP contribution in [0, 0.1) is 0 Å². The van der Waals surface area contributed by atoms with Gasteiger partial charge in [-0.2, -0.15) is 18.3 Å². The van der Waals surface area contributed by atoms with Crippen molar-refractivity contribution in [2.24, 2.45) is 10.7 Å². The highest BCUT2D eigenvalue weighted by Gasteiger charge is 2.34. The average molecular weight is 460 g/mol. The van der Waals surface area contributed by atoms with Crippen LogP contribution >= 0.6 is 0 Å². The van der Waals surface area contributed by atoms with Crippen molar-refractivity contribution < 1.29 is 17.9 Å². The molecule has 1 atom stereocenters. The summed E-state index contributed by atoms with van der Waals surface area (Å²) in [7, 11) is 3.69. The summed E-state index contributed by atoms with van der Waals surface area (Å²) < 4.78 is 46.3. The third-order valence-corrected chi connectivity index (χ3v) is 5.15. The number of allylic oxidation sites excluding steroid dienone is 1. The van der Waals surface area contributed by atoms with Gasteiger partial charge in [0.05, 0.1) is 5.52 Å². The molecule has 0 amide bonds. The van der Waals surface area contributed by atoms with E-state index in [-0.39, 0.29) is 11.9 Å². The normalized spacial score (nSPS) is 18.2. The van der Waals surface area contributed by atoms with Crippen LogP contribution in [0.15, 0.2) is 53.6 Å². The Morgan fingerprint density at radius 2 is 2.12 bits per heavy atom. The van der Waals surface area contributed by atoms with E-state index in [1.807, 2.05) is 19.2 Å². The number of aromatic nitrogens is 4. The fourth-order valence-corrected chi connectivity index (χ4v) is 3.62. The van der Waals surface area contributed by atoms with Crippen molar-refractivity contribution >= 4 is 22.9 Å². The Bertz CT molecular complexity index is 1200. The van der Waals surface area contributed by atoms with Crippen LogP contribution in [-0.4, -0.2) is 63.5 Å². The molecule has 0 saturated carbocycles. The number of hydrogen-bond acceptors (Lipinski definition) is 8. The monoisotopic (exact) mass is 460 g/mol. The molecule has 0 bridgehead atoms. The SMILES string of the molecule is CN=C(/C(=C\N)O[C@H]1CCN(C)C1)c1ccn2nc(Nc3ccnc(C(F)(F)F)n3)cc2c1. The molecule has 0 aromatic carbocycles. The predicted molar refractivity (Wildman–Crippen MR) is 117 cm³/mol. The second-order valence-corrected chi connectivity index (χ2v) is 7.60. The van der Waals surface area contributed by atoms with Crippen LogP contribution in [0.3, 0.4) is 0 Å². The van der Waals surface area contributed by atoms with Gasteiger partial charge in [0.1, 0.15) is 17.6 Å². The van der Waals surface area contributed by atoms with Gasteiger partial charge < -0.3 is 20.7 Å². The summed E-state index contributed by atoms with van der Waals surface area (Å²) in [5.41, 5.74) is 7.89. The Balaban J connectivity index is 1.56. The highest BCUT2D eigenvalue weighted by Crippen LogP contribution is 2.27. The van der Waals surface area contributed by atoms with Crippen LogP contribution in [0.2, 0.25) is 0 Å². The molecule has 4 rings (SSSR count). The van der Waals surface area contributed by atoms with Gasteiger partial charge in [0.25, 0.3) is 0 Å². The topological polar surface area (TPSA) is 106 Å². The molecular weight excluding hydrogens is 437 g/mol. The van der Waals surface area contributed by atoms with E-state index in [0.717, 1.165) is 31.3 Å². The number of hydrogen-bond donors (Lipinski definition) is 2. The number of nitrogens with zero attached hydrogens (tertiary/aromatic N) is 6. The zero-order valence-corrected chi connectivity index (χ0v) is 18.0. The van der Waals surface area contributed by atoms with Gasteiger partial charge in [-0.25, -0.2) is 14.5 Å². The van der Waals surface area contributed by atoms with Gasteiger partial charge in [0, 0.05) is 50.4 Å². The second kappa shape index (κ2) is 9.06. The molecule has 3 aromatic rings. The molecule has 3 aromatic heterocycles. The number of pyridine rings is 1. The number of aliphatic imine (C=N–C) groups is 1. The fraction of sp³-hybridized carbons (Fsp3) is 0.333. The van der Waals surface area contributed by atoms with Crippen LogP contribution in [0.1, 0.15) is 17.8 Å². The van der Waals surface area contributed by atoms with Crippen molar-refractivity contribution in [2.75, 3.05) is 32.5 Å². The lowest BCUT2D eigenvalue weighted by Gasteiger charge is -2.18. The van der Waals surface area contributed by atoms with E-state index >= 15 is 0 Å². The Morgan fingerprint density at radius 3 is 2.79 bits per heavy atom. The van der Waals surface area contributed by atoms with E-state index in [2.05, 4.69) is 30.3 Å². The van der Waals surface area contributed by atoms with Gasteiger partial charge in [0.15, 0.2) is 11.6 Å². The van der Waals surface area contributed by atoms with Crippen molar-refractivity contribution in [3.63, 3.8) is 0 Å². The van der Waals surface area contributed by atoms with Crippen molar-refractivity contribution in [3.8, 4) is 0 Å². The second-order valence-electron chi connectivity index (χ2n) is 7.60. The summed E-state index contributed by atoms with van der Waals surface area (Å²) in [6.07, 6.45) is 0.470. The molecular formula is C21H23F3N8O. The lowest BCUT2D eigenvalue weighted by Crippen LogP contribution is -2.22. The zero-order valence-electron chi connectivity index (χ0n) is 18.0. The number of halogens is 3. The minimum Gasteiger partial charge on any atom is -0.485 e. The maximum atomic E-state index is 12.9. The predicted octanol–water partition coefficient (Wildman–Crippen LogP) is 2.83. The summed E-state index contributed by atoms with van der Waals surface area (Å²) in [6.45, 7) is 1.76. The average Bonchev–Trinajstić information content (AvgIpc) is 3.37. The molecule has 0 radical (unpaired) electrons. The fourth-order valence-electron chi connectivity index (χ4n) is 3.62. The summed E-state index contributed by atoms with van der Waals surface area (Å²) >= 11 is 0. The molecule has 1 aliphatic rings. The van der Waals surface area contributed by atoms with E-state index < -0.39 is 12.0 Å². The number of fused-ring (bicyclic) bond motifs is 1. The van der Waals surface area contributed by atoms with Gasteiger partial charge in [-0.1, -0.05) is 0 Å². The Labute approximate surface area is 187 Å². The molecule has 33 heavy (non-hydrogen) atoms. The molecule has 1 fully saturated rings.